The van der Waals surface area contributed by atoms with Crippen LogP contribution >= 0.6 is 11.8 Å². The van der Waals surface area contributed by atoms with Crippen molar-refractivity contribution in [1.29, 1.82) is 0 Å². The van der Waals surface area contributed by atoms with Gasteiger partial charge >= 0.3 is 0 Å². The van der Waals surface area contributed by atoms with Gasteiger partial charge in [0, 0.05) is 29.2 Å². The molecule has 1 aromatic carbocycles. The van der Waals surface area contributed by atoms with Gasteiger partial charge in [0.2, 0.25) is 0 Å². The minimum absolute atomic E-state index is 0.0746. The number of benzene rings is 1. The maximum atomic E-state index is 12.4. The molecule has 106 valence electrons. The number of hydrogen-bond donors (Lipinski definition) is 1. The second-order valence-corrected chi connectivity index (χ2v) is 5.46. The Morgan fingerprint density at radius 1 is 1.43 bits per heavy atom. The van der Waals surface area contributed by atoms with E-state index in [-0.39, 0.29) is 5.78 Å². The third-order valence-corrected chi connectivity index (χ3v) is 4.11. The highest BCUT2D eigenvalue weighted by Crippen LogP contribution is 2.22. The summed E-state index contributed by atoms with van der Waals surface area (Å²) in [6.07, 6.45) is 5.18. The molecule has 0 aliphatic heterocycles. The topological polar surface area (TPSA) is 63.6 Å². The van der Waals surface area contributed by atoms with Gasteiger partial charge in [-0.1, -0.05) is 36.0 Å². The lowest BCUT2D eigenvalue weighted by atomic mass is 10.1. The number of carbonyl (C=O) groups is 1. The predicted molar refractivity (Wildman–Crippen MR) is 83.6 cm³/mol. The Bertz CT molecular complexity index is 790. The number of hydrogen-bond acceptors (Lipinski definition) is 4. The van der Waals surface area contributed by atoms with Crippen LogP contribution in [0.25, 0.3) is 10.9 Å². The molecule has 2 aromatic heterocycles. The average Bonchev–Trinajstić information content (AvgIpc) is 3.12. The first kappa shape index (κ1) is 13.6. The van der Waals surface area contributed by atoms with Crippen LogP contribution in [0.4, 0.5) is 0 Å². The van der Waals surface area contributed by atoms with Crippen LogP contribution in [0.3, 0.4) is 0 Å². The molecule has 0 radical (unpaired) electrons. The van der Waals surface area contributed by atoms with Crippen molar-refractivity contribution in [2.24, 2.45) is 0 Å². The fraction of sp³-hybridized carbons (Fsp3) is 0.133. The fourth-order valence-corrected chi connectivity index (χ4v) is 2.94. The molecule has 0 unspecified atom stereocenters. The smallest absolute Gasteiger partial charge is 0.191 e. The second kappa shape index (κ2) is 5.97. The molecular formula is C15H14N4OS. The number of carbonyl (C=O) groups excluding carboxylic acids is 1. The molecule has 0 spiro atoms. The zero-order valence-corrected chi connectivity index (χ0v) is 12.1. The van der Waals surface area contributed by atoms with Gasteiger partial charge in [-0.2, -0.15) is 0 Å². The molecule has 0 bridgehead atoms. The minimum Gasteiger partial charge on any atom is -0.360 e. The summed E-state index contributed by atoms with van der Waals surface area (Å²) in [4.78, 5) is 15.5. The molecule has 0 atom stereocenters. The number of nitrogens with one attached hydrogen (secondary N) is 1. The lowest BCUT2D eigenvalue weighted by Gasteiger charge is -2.02. The van der Waals surface area contributed by atoms with E-state index in [0.717, 1.165) is 16.1 Å². The van der Waals surface area contributed by atoms with E-state index in [4.69, 9.17) is 0 Å². The molecule has 0 fully saturated rings. The molecule has 0 saturated carbocycles. The van der Waals surface area contributed by atoms with Crippen LogP contribution in [-0.2, 0) is 6.54 Å². The molecule has 0 aliphatic carbocycles. The van der Waals surface area contributed by atoms with Crippen LogP contribution in [0.15, 0.2) is 54.6 Å². The zero-order valence-electron chi connectivity index (χ0n) is 11.3. The third kappa shape index (κ3) is 2.75. The van der Waals surface area contributed by atoms with Gasteiger partial charge in [-0.3, -0.25) is 4.79 Å². The number of Topliss-reactive ketones (excluding diaryl/α,β-unsaturated/α-hetero) is 1. The van der Waals surface area contributed by atoms with Crippen molar-refractivity contribution in [3.63, 3.8) is 0 Å². The van der Waals surface area contributed by atoms with E-state index in [1.807, 2.05) is 28.8 Å². The van der Waals surface area contributed by atoms with Crippen molar-refractivity contribution in [2.45, 2.75) is 11.7 Å². The first-order valence-electron chi connectivity index (χ1n) is 6.50. The molecular weight excluding hydrogens is 284 g/mol. The Morgan fingerprint density at radius 3 is 3.14 bits per heavy atom. The van der Waals surface area contributed by atoms with Crippen molar-refractivity contribution < 1.29 is 4.79 Å². The number of H-pyrrole nitrogens is 1. The molecule has 3 rings (SSSR count). The molecule has 0 amide bonds. The standard InChI is InChI=1S/C15H14N4OS/c1-2-7-19-10-17-18-15(19)21-9-14(20)12-8-16-13-6-4-3-5-11(12)13/h2-6,8,10,16H,1,7,9H2. The lowest BCUT2D eigenvalue weighted by molar-refractivity contribution is 0.102. The van der Waals surface area contributed by atoms with Crippen LogP contribution in [0, 0.1) is 0 Å². The van der Waals surface area contributed by atoms with Crippen molar-refractivity contribution in [3.05, 3.63) is 55.0 Å². The summed E-state index contributed by atoms with van der Waals surface area (Å²) in [5.74, 6) is 0.406. The van der Waals surface area contributed by atoms with Gasteiger partial charge in [-0.05, 0) is 6.07 Å². The van der Waals surface area contributed by atoms with E-state index in [0.29, 0.717) is 17.9 Å². The zero-order chi connectivity index (χ0) is 14.7. The van der Waals surface area contributed by atoms with E-state index >= 15 is 0 Å². The summed E-state index contributed by atoms with van der Waals surface area (Å²) in [7, 11) is 0. The maximum Gasteiger partial charge on any atom is 0.191 e. The Hall–Kier alpha value is -2.34. The molecule has 5 nitrogen and oxygen atoms in total. The number of nitrogens with zero attached hydrogens (tertiary/aromatic N) is 3. The molecule has 0 aliphatic rings. The number of aromatic nitrogens is 4. The normalized spacial score (nSPS) is 10.9. The maximum absolute atomic E-state index is 12.4. The van der Waals surface area contributed by atoms with Gasteiger partial charge in [0.15, 0.2) is 10.9 Å². The Kier molecular flexibility index (Phi) is 3.87. The number of para-hydroxylation sites is 1. The summed E-state index contributed by atoms with van der Waals surface area (Å²) in [5, 5.41) is 9.56. The number of fused-ring (bicyclic) bond motifs is 1. The average molecular weight is 298 g/mol. The molecule has 0 saturated heterocycles. The Labute approximate surface area is 126 Å². The number of allylic oxidation sites excluding steroid dienone is 1. The molecule has 21 heavy (non-hydrogen) atoms. The predicted octanol–water partition coefficient (Wildman–Crippen LogP) is 2.92. The highest BCUT2D eigenvalue weighted by atomic mass is 32.2. The molecule has 1 N–H and O–H groups in total. The Balaban J connectivity index is 1.74. The molecule has 6 heteroatoms. The molecule has 3 aromatic rings. The minimum atomic E-state index is 0.0746. The largest absolute Gasteiger partial charge is 0.360 e. The van der Waals surface area contributed by atoms with E-state index in [1.54, 1.807) is 18.6 Å². The number of aromatic amines is 1. The monoisotopic (exact) mass is 298 g/mol. The van der Waals surface area contributed by atoms with Gasteiger partial charge in [0.1, 0.15) is 6.33 Å². The summed E-state index contributed by atoms with van der Waals surface area (Å²) >= 11 is 1.39. The molecule has 2 heterocycles. The van der Waals surface area contributed by atoms with Gasteiger partial charge in [-0.25, -0.2) is 0 Å². The highest BCUT2D eigenvalue weighted by Gasteiger charge is 2.13. The van der Waals surface area contributed by atoms with Crippen molar-refractivity contribution >= 4 is 28.4 Å². The van der Waals surface area contributed by atoms with Crippen molar-refractivity contribution in [1.82, 2.24) is 19.7 Å². The van der Waals surface area contributed by atoms with Crippen LogP contribution in [0.5, 0.6) is 0 Å². The van der Waals surface area contributed by atoms with Crippen LogP contribution in [-0.4, -0.2) is 31.3 Å². The van der Waals surface area contributed by atoms with E-state index < -0.39 is 0 Å². The van der Waals surface area contributed by atoms with Crippen LogP contribution in [0.2, 0.25) is 0 Å². The highest BCUT2D eigenvalue weighted by molar-refractivity contribution is 7.99. The first-order valence-corrected chi connectivity index (χ1v) is 7.49. The number of rotatable bonds is 6. The number of ketones is 1. The quantitative estimate of drug-likeness (QED) is 0.432. The third-order valence-electron chi connectivity index (χ3n) is 3.13. The van der Waals surface area contributed by atoms with Gasteiger partial charge in [0.25, 0.3) is 0 Å². The summed E-state index contributed by atoms with van der Waals surface area (Å²) in [6, 6.07) is 7.78. The van der Waals surface area contributed by atoms with E-state index in [9.17, 15) is 4.79 Å². The fourth-order valence-electron chi connectivity index (χ4n) is 2.13. The Morgan fingerprint density at radius 2 is 2.29 bits per heavy atom. The van der Waals surface area contributed by atoms with Crippen molar-refractivity contribution in [3.8, 4) is 0 Å². The van der Waals surface area contributed by atoms with Gasteiger partial charge in [0.05, 0.1) is 5.75 Å². The van der Waals surface area contributed by atoms with Gasteiger partial charge in [-0.15, -0.1) is 16.8 Å². The SMILES string of the molecule is C=CCn1cnnc1SCC(=O)c1c[nH]c2ccccc12. The summed E-state index contributed by atoms with van der Waals surface area (Å²) < 4.78 is 1.86. The van der Waals surface area contributed by atoms with Crippen LogP contribution in [0.1, 0.15) is 10.4 Å². The number of thioether (sulfide) groups is 1. The van der Waals surface area contributed by atoms with Crippen molar-refractivity contribution in [2.75, 3.05) is 5.75 Å². The lowest BCUT2D eigenvalue weighted by Crippen LogP contribution is -2.03. The summed E-state index contributed by atoms with van der Waals surface area (Å²) in [5.41, 5.74) is 1.69. The second-order valence-electron chi connectivity index (χ2n) is 4.51. The van der Waals surface area contributed by atoms with E-state index in [1.165, 1.54) is 11.8 Å². The van der Waals surface area contributed by atoms with Crippen LogP contribution < -0.4 is 0 Å². The van der Waals surface area contributed by atoms with E-state index in [2.05, 4.69) is 21.8 Å². The van der Waals surface area contributed by atoms with Gasteiger partial charge < -0.3 is 9.55 Å². The first-order chi connectivity index (χ1) is 10.3. The summed E-state index contributed by atoms with van der Waals surface area (Å²) in [6.45, 7) is 4.33.